The second-order valence-corrected chi connectivity index (χ2v) is 6.02. The molecule has 3 rings (SSSR count). The van der Waals surface area contributed by atoms with Crippen molar-refractivity contribution in [2.75, 3.05) is 19.6 Å². The van der Waals surface area contributed by atoms with Crippen molar-refractivity contribution in [2.45, 2.75) is 0 Å². The van der Waals surface area contributed by atoms with Gasteiger partial charge in [0.1, 0.15) is 0 Å². The normalized spacial score (nSPS) is 10.3. The lowest BCUT2D eigenvalue weighted by Crippen LogP contribution is -2.29. The fourth-order valence-electron chi connectivity index (χ4n) is 2.42. The first-order valence-corrected chi connectivity index (χ1v) is 8.45. The highest BCUT2D eigenvalue weighted by Crippen LogP contribution is 2.29. The fourth-order valence-corrected chi connectivity index (χ4v) is 2.55. The minimum atomic E-state index is -0.655. The Balaban J connectivity index is 1.79. The van der Waals surface area contributed by atoms with E-state index in [1.807, 2.05) is 0 Å². The van der Waals surface area contributed by atoms with Gasteiger partial charge >= 0.3 is 0 Å². The van der Waals surface area contributed by atoms with Gasteiger partial charge in [0.05, 0.1) is 31.7 Å². The van der Waals surface area contributed by atoms with Crippen LogP contribution in [0.1, 0.15) is 10.4 Å². The lowest BCUT2D eigenvalue weighted by Gasteiger charge is -2.12. The lowest BCUT2D eigenvalue weighted by atomic mass is 10.1. The van der Waals surface area contributed by atoms with Crippen LogP contribution in [0.5, 0.6) is 11.8 Å². The van der Waals surface area contributed by atoms with Gasteiger partial charge in [0.15, 0.2) is 5.82 Å². The van der Waals surface area contributed by atoms with Crippen LogP contribution in [0.15, 0.2) is 48.8 Å². The van der Waals surface area contributed by atoms with Gasteiger partial charge in [-0.3, -0.25) is 15.6 Å². The average Bonchev–Trinajstić information content (AvgIpc) is 2.72. The third-order valence-corrected chi connectivity index (χ3v) is 4.04. The molecule has 0 aliphatic rings. The number of hydrazine groups is 1. The van der Waals surface area contributed by atoms with Crippen molar-refractivity contribution >= 4 is 23.2 Å². The molecule has 0 saturated heterocycles. The van der Waals surface area contributed by atoms with E-state index in [-0.39, 0.29) is 17.1 Å². The van der Waals surface area contributed by atoms with Crippen LogP contribution in [0.3, 0.4) is 0 Å². The Labute approximate surface area is 165 Å². The molecule has 0 radical (unpaired) electrons. The van der Waals surface area contributed by atoms with Crippen molar-refractivity contribution in [1.29, 1.82) is 0 Å². The largest absolute Gasteiger partial charge is 0.481 e. The van der Waals surface area contributed by atoms with Crippen molar-refractivity contribution < 1.29 is 18.7 Å². The predicted octanol–water partition coefficient (Wildman–Crippen LogP) is 3.71. The second-order valence-electron chi connectivity index (χ2n) is 5.58. The van der Waals surface area contributed by atoms with Crippen LogP contribution in [-0.4, -0.2) is 30.1 Å². The molecule has 0 fully saturated rings. The zero-order chi connectivity index (χ0) is 20.1. The number of rotatable bonds is 6. The number of ether oxygens (including phenoxy) is 2. The highest BCUT2D eigenvalue weighted by atomic mass is 35.5. The van der Waals surface area contributed by atoms with E-state index < -0.39 is 11.7 Å². The molecule has 0 atom stereocenters. The van der Waals surface area contributed by atoms with Gasteiger partial charge in [-0.2, -0.15) is 0 Å². The number of hydrogen-bond acceptors (Lipinski definition) is 6. The van der Waals surface area contributed by atoms with Gasteiger partial charge in [-0.05, 0) is 23.8 Å². The molecule has 0 unspecified atom stereocenters. The summed E-state index contributed by atoms with van der Waals surface area (Å²) in [7, 11) is 2.81. The van der Waals surface area contributed by atoms with Gasteiger partial charge in [-0.15, -0.1) is 0 Å². The number of nitrogens with zero attached hydrogens (tertiary/aromatic N) is 2. The number of aromatic nitrogens is 2. The molecule has 0 aliphatic heterocycles. The van der Waals surface area contributed by atoms with E-state index >= 15 is 0 Å². The summed E-state index contributed by atoms with van der Waals surface area (Å²) in [5.41, 5.74) is 7.01. The summed E-state index contributed by atoms with van der Waals surface area (Å²) in [5, 5.41) is 0.592. The molecule has 2 N–H and O–H groups in total. The molecule has 1 aromatic carbocycles. The number of anilines is 1. The summed E-state index contributed by atoms with van der Waals surface area (Å²) in [6.07, 6.45) is 2.70. The third-order valence-electron chi connectivity index (χ3n) is 3.78. The number of carbonyl (C=O) groups is 1. The highest BCUT2D eigenvalue weighted by molar-refractivity contribution is 6.30. The molecule has 2 aromatic heterocycles. The maximum atomic E-state index is 13.7. The van der Waals surface area contributed by atoms with E-state index in [4.69, 9.17) is 21.1 Å². The van der Waals surface area contributed by atoms with Crippen LogP contribution in [0.4, 0.5) is 10.1 Å². The van der Waals surface area contributed by atoms with Gasteiger partial charge in [-0.25, -0.2) is 14.4 Å². The van der Waals surface area contributed by atoms with E-state index in [1.54, 1.807) is 30.3 Å². The summed E-state index contributed by atoms with van der Waals surface area (Å²) < 4.78 is 23.7. The van der Waals surface area contributed by atoms with Crippen molar-refractivity contribution in [2.24, 2.45) is 0 Å². The quantitative estimate of drug-likeness (QED) is 0.611. The van der Waals surface area contributed by atoms with Gasteiger partial charge in [0, 0.05) is 22.8 Å². The van der Waals surface area contributed by atoms with Gasteiger partial charge in [0.2, 0.25) is 11.8 Å². The monoisotopic (exact) mass is 402 g/mol. The predicted molar refractivity (Wildman–Crippen MR) is 103 cm³/mol. The summed E-state index contributed by atoms with van der Waals surface area (Å²) in [6, 6.07) is 9.85. The maximum Gasteiger partial charge on any atom is 0.271 e. The van der Waals surface area contributed by atoms with Gasteiger partial charge < -0.3 is 9.47 Å². The van der Waals surface area contributed by atoms with E-state index in [2.05, 4.69) is 20.8 Å². The molecule has 9 heteroatoms. The second kappa shape index (κ2) is 8.53. The maximum absolute atomic E-state index is 13.7. The van der Waals surface area contributed by atoms with E-state index in [1.165, 1.54) is 26.6 Å². The summed E-state index contributed by atoms with van der Waals surface area (Å²) in [6.45, 7) is 0. The standard InChI is InChI=1S/C19H16ClFN4O3/c1-27-18-15(11-3-5-13(20)6-4-11)7-12(9-22-18)17(26)25-24-14-8-16(21)19(28-2)23-10-14/h3-10,24H,1-2H3,(H,25,26). The molecule has 0 saturated carbocycles. The van der Waals surface area contributed by atoms with Crippen LogP contribution in [0, 0.1) is 5.82 Å². The fraction of sp³-hybridized carbons (Fsp3) is 0.105. The van der Waals surface area contributed by atoms with Crippen molar-refractivity contribution in [1.82, 2.24) is 15.4 Å². The van der Waals surface area contributed by atoms with Crippen LogP contribution in [-0.2, 0) is 0 Å². The van der Waals surface area contributed by atoms with Crippen LogP contribution in [0.25, 0.3) is 11.1 Å². The lowest BCUT2D eigenvalue weighted by molar-refractivity contribution is 0.0962. The molecular formula is C19H16ClFN4O3. The summed E-state index contributed by atoms with van der Waals surface area (Å²) in [5.74, 6) is -0.892. The Bertz CT molecular complexity index is 999. The number of halogens is 2. The molecule has 28 heavy (non-hydrogen) atoms. The molecule has 1 amide bonds. The number of amides is 1. The van der Waals surface area contributed by atoms with E-state index in [0.29, 0.717) is 16.5 Å². The molecular weight excluding hydrogens is 387 g/mol. The van der Waals surface area contributed by atoms with Crippen LogP contribution in [0.2, 0.25) is 5.02 Å². The summed E-state index contributed by atoms with van der Waals surface area (Å²) >= 11 is 5.93. The van der Waals surface area contributed by atoms with E-state index in [0.717, 1.165) is 11.6 Å². The number of nitrogens with one attached hydrogen (secondary N) is 2. The molecule has 2 heterocycles. The van der Waals surface area contributed by atoms with Crippen LogP contribution >= 0.6 is 11.6 Å². The molecule has 0 bridgehead atoms. The highest BCUT2D eigenvalue weighted by Gasteiger charge is 2.14. The van der Waals surface area contributed by atoms with Gasteiger partial charge in [0.25, 0.3) is 5.91 Å². The minimum Gasteiger partial charge on any atom is -0.481 e. The average molecular weight is 403 g/mol. The Morgan fingerprint density at radius 2 is 1.71 bits per heavy atom. The molecule has 0 spiro atoms. The Morgan fingerprint density at radius 3 is 2.36 bits per heavy atom. The van der Waals surface area contributed by atoms with Crippen LogP contribution < -0.4 is 20.3 Å². The first-order valence-electron chi connectivity index (χ1n) is 8.07. The zero-order valence-electron chi connectivity index (χ0n) is 15.0. The van der Waals surface area contributed by atoms with Crippen molar-refractivity contribution in [3.05, 3.63) is 65.2 Å². The SMILES string of the molecule is COc1ncc(NNC(=O)c2cnc(OC)c(-c3ccc(Cl)cc3)c2)cc1F. The first-order chi connectivity index (χ1) is 13.5. The van der Waals surface area contributed by atoms with Gasteiger partial charge in [-0.1, -0.05) is 23.7 Å². The molecule has 3 aromatic rings. The Morgan fingerprint density at radius 1 is 1.04 bits per heavy atom. The number of hydrogen-bond donors (Lipinski definition) is 2. The number of benzene rings is 1. The smallest absolute Gasteiger partial charge is 0.271 e. The topological polar surface area (TPSA) is 85.4 Å². The Hall–Kier alpha value is -3.39. The van der Waals surface area contributed by atoms with E-state index in [9.17, 15) is 9.18 Å². The number of carbonyl (C=O) groups excluding carboxylic acids is 1. The number of pyridine rings is 2. The Kier molecular flexibility index (Phi) is 5.90. The first kappa shape index (κ1) is 19.4. The molecule has 144 valence electrons. The summed E-state index contributed by atoms with van der Waals surface area (Å²) in [4.78, 5) is 20.4. The minimum absolute atomic E-state index is 0.135. The van der Waals surface area contributed by atoms with Crippen molar-refractivity contribution in [3.63, 3.8) is 0 Å². The third kappa shape index (κ3) is 4.29. The number of methoxy groups -OCH3 is 2. The molecule has 0 aliphatic carbocycles. The zero-order valence-corrected chi connectivity index (χ0v) is 15.7. The molecule has 7 nitrogen and oxygen atoms in total. The van der Waals surface area contributed by atoms with Crippen molar-refractivity contribution in [3.8, 4) is 22.9 Å².